The van der Waals surface area contributed by atoms with Crippen LogP contribution in [0.5, 0.6) is 0 Å². The van der Waals surface area contributed by atoms with Gasteiger partial charge in [0.1, 0.15) is 5.03 Å². The molecule has 5 heteroatoms. The lowest BCUT2D eigenvalue weighted by Crippen LogP contribution is -2.15. The number of aromatic nitrogens is 1. The zero-order chi connectivity index (χ0) is 16.7. The highest BCUT2D eigenvalue weighted by atomic mass is 32.2. The maximum atomic E-state index is 12.4. The fraction of sp³-hybridized carbons (Fsp3) is 0.333. The van der Waals surface area contributed by atoms with Crippen molar-refractivity contribution in [3.8, 4) is 0 Å². The summed E-state index contributed by atoms with van der Waals surface area (Å²) in [5.41, 5.74) is 2.65. The number of amides is 1. The summed E-state index contributed by atoms with van der Waals surface area (Å²) in [6.45, 7) is 3.06. The molecule has 23 heavy (non-hydrogen) atoms. The smallest absolute Gasteiger partial charge is 0.255 e. The van der Waals surface area contributed by atoms with Gasteiger partial charge >= 0.3 is 0 Å². The van der Waals surface area contributed by atoms with Gasteiger partial charge in [0.25, 0.3) is 5.91 Å². The van der Waals surface area contributed by atoms with Crippen LogP contribution in [0.3, 0.4) is 0 Å². The predicted molar refractivity (Wildman–Crippen MR) is 97.3 cm³/mol. The van der Waals surface area contributed by atoms with Crippen LogP contribution in [-0.4, -0.2) is 42.2 Å². The van der Waals surface area contributed by atoms with E-state index in [4.69, 9.17) is 0 Å². The van der Waals surface area contributed by atoms with Crippen LogP contribution in [0.2, 0.25) is 0 Å². The van der Waals surface area contributed by atoms with Crippen molar-refractivity contribution in [2.45, 2.75) is 18.4 Å². The van der Waals surface area contributed by atoms with Crippen molar-refractivity contribution in [1.82, 2.24) is 9.88 Å². The molecular weight excluding hydrogens is 306 g/mol. The van der Waals surface area contributed by atoms with E-state index < -0.39 is 0 Å². The summed E-state index contributed by atoms with van der Waals surface area (Å²) in [7, 11) is 4.09. The summed E-state index contributed by atoms with van der Waals surface area (Å²) < 4.78 is 0. The largest absolute Gasteiger partial charge is 0.320 e. The lowest BCUT2D eigenvalue weighted by Gasteiger charge is -2.12. The van der Waals surface area contributed by atoms with Gasteiger partial charge in [-0.25, -0.2) is 4.98 Å². The number of aryl methyl sites for hydroxylation is 1. The first kappa shape index (κ1) is 17.5. The van der Waals surface area contributed by atoms with Crippen LogP contribution in [0.25, 0.3) is 0 Å². The van der Waals surface area contributed by atoms with Crippen LogP contribution in [-0.2, 0) is 6.42 Å². The lowest BCUT2D eigenvalue weighted by molar-refractivity contribution is 0.102. The molecule has 2 rings (SSSR count). The highest BCUT2D eigenvalue weighted by Gasteiger charge is 2.10. The monoisotopic (exact) mass is 329 g/mol. The molecule has 0 spiro atoms. The van der Waals surface area contributed by atoms with Gasteiger partial charge < -0.3 is 10.2 Å². The van der Waals surface area contributed by atoms with Gasteiger partial charge in [0.2, 0.25) is 0 Å². The number of rotatable bonds is 7. The molecule has 2 aromatic rings. The minimum absolute atomic E-state index is 0.102. The average molecular weight is 329 g/mol. The number of nitrogens with one attached hydrogen (secondary N) is 1. The maximum Gasteiger partial charge on any atom is 0.255 e. The minimum Gasteiger partial charge on any atom is -0.320 e. The molecule has 0 unspecified atom stereocenters. The molecule has 0 bridgehead atoms. The van der Waals surface area contributed by atoms with Crippen molar-refractivity contribution in [3.63, 3.8) is 0 Å². The normalized spacial score (nSPS) is 10.8. The van der Waals surface area contributed by atoms with Crippen molar-refractivity contribution in [2.75, 3.05) is 31.7 Å². The Morgan fingerprint density at radius 3 is 2.61 bits per heavy atom. The first-order valence-corrected chi connectivity index (χ1v) is 8.71. The SMILES string of the molecule is CCc1ccc(C(=O)Nc2cccnc2SCCN(C)C)cc1. The molecule has 0 saturated carbocycles. The van der Waals surface area contributed by atoms with E-state index in [0.29, 0.717) is 5.56 Å². The molecule has 1 amide bonds. The quantitative estimate of drug-likeness (QED) is 0.789. The molecular formula is C18H23N3OS. The van der Waals surface area contributed by atoms with E-state index in [1.807, 2.05) is 50.5 Å². The third kappa shape index (κ3) is 5.37. The Bertz CT molecular complexity index is 641. The highest BCUT2D eigenvalue weighted by Crippen LogP contribution is 2.24. The Morgan fingerprint density at radius 2 is 1.96 bits per heavy atom. The number of anilines is 1. The van der Waals surface area contributed by atoms with Crippen LogP contribution < -0.4 is 5.32 Å². The molecule has 1 heterocycles. The number of carbonyl (C=O) groups is 1. The summed E-state index contributed by atoms with van der Waals surface area (Å²) in [5.74, 6) is 0.827. The molecule has 1 aromatic heterocycles. The lowest BCUT2D eigenvalue weighted by atomic mass is 10.1. The number of pyridine rings is 1. The Morgan fingerprint density at radius 1 is 1.22 bits per heavy atom. The average Bonchev–Trinajstić information content (AvgIpc) is 2.56. The van der Waals surface area contributed by atoms with Gasteiger partial charge in [-0.05, 0) is 50.3 Å². The third-order valence-corrected chi connectivity index (χ3v) is 4.41. The van der Waals surface area contributed by atoms with Crippen LogP contribution >= 0.6 is 11.8 Å². The van der Waals surface area contributed by atoms with Crippen molar-refractivity contribution in [3.05, 3.63) is 53.7 Å². The van der Waals surface area contributed by atoms with E-state index >= 15 is 0 Å². The zero-order valence-corrected chi connectivity index (χ0v) is 14.7. The van der Waals surface area contributed by atoms with Gasteiger partial charge in [-0.1, -0.05) is 19.1 Å². The molecule has 0 aliphatic rings. The first-order valence-electron chi connectivity index (χ1n) is 7.73. The summed E-state index contributed by atoms with van der Waals surface area (Å²) >= 11 is 1.65. The molecule has 0 radical (unpaired) electrons. The van der Waals surface area contributed by atoms with E-state index in [1.165, 1.54) is 5.56 Å². The number of thioether (sulfide) groups is 1. The third-order valence-electron chi connectivity index (χ3n) is 3.42. The van der Waals surface area contributed by atoms with Crippen LogP contribution in [0, 0.1) is 0 Å². The van der Waals surface area contributed by atoms with Crippen LogP contribution in [0.15, 0.2) is 47.6 Å². The molecule has 1 N–H and O–H groups in total. The zero-order valence-electron chi connectivity index (χ0n) is 13.9. The first-order chi connectivity index (χ1) is 11.1. The molecule has 4 nitrogen and oxygen atoms in total. The molecule has 0 aliphatic heterocycles. The standard InChI is InChI=1S/C18H23N3OS/c1-4-14-7-9-15(10-8-14)17(22)20-16-6-5-11-19-18(16)23-13-12-21(2)3/h5-11H,4,12-13H2,1-3H3,(H,20,22). The highest BCUT2D eigenvalue weighted by molar-refractivity contribution is 7.99. The Balaban J connectivity index is 2.04. The molecule has 0 saturated heterocycles. The van der Waals surface area contributed by atoms with Crippen LogP contribution in [0.4, 0.5) is 5.69 Å². The second-order valence-electron chi connectivity index (χ2n) is 5.51. The number of carbonyl (C=O) groups excluding carboxylic acids is 1. The van der Waals surface area contributed by atoms with Gasteiger partial charge in [-0.3, -0.25) is 4.79 Å². The van der Waals surface area contributed by atoms with Crippen molar-refractivity contribution in [2.24, 2.45) is 0 Å². The number of hydrogen-bond donors (Lipinski definition) is 1. The maximum absolute atomic E-state index is 12.4. The van der Waals surface area contributed by atoms with Gasteiger partial charge in [0.05, 0.1) is 5.69 Å². The van der Waals surface area contributed by atoms with Crippen molar-refractivity contribution in [1.29, 1.82) is 0 Å². The molecule has 0 aliphatic carbocycles. The van der Waals surface area contributed by atoms with E-state index in [2.05, 4.69) is 22.1 Å². The minimum atomic E-state index is -0.102. The van der Waals surface area contributed by atoms with Gasteiger partial charge in [-0.2, -0.15) is 0 Å². The fourth-order valence-electron chi connectivity index (χ4n) is 2.01. The van der Waals surface area contributed by atoms with E-state index in [0.717, 1.165) is 29.4 Å². The van der Waals surface area contributed by atoms with E-state index in [9.17, 15) is 4.79 Å². The summed E-state index contributed by atoms with van der Waals surface area (Å²) in [6, 6.07) is 11.4. The summed E-state index contributed by atoms with van der Waals surface area (Å²) in [6.07, 6.45) is 2.72. The van der Waals surface area contributed by atoms with Crippen molar-refractivity contribution >= 4 is 23.4 Å². The van der Waals surface area contributed by atoms with Crippen molar-refractivity contribution < 1.29 is 4.79 Å². The topological polar surface area (TPSA) is 45.2 Å². The summed E-state index contributed by atoms with van der Waals surface area (Å²) in [5, 5.41) is 3.82. The van der Waals surface area contributed by atoms with E-state index in [1.54, 1.807) is 18.0 Å². The molecule has 0 atom stereocenters. The number of hydrogen-bond acceptors (Lipinski definition) is 4. The second kappa shape index (κ2) is 8.70. The Hall–Kier alpha value is -1.85. The summed E-state index contributed by atoms with van der Waals surface area (Å²) in [4.78, 5) is 18.9. The van der Waals surface area contributed by atoms with Gasteiger partial charge in [0, 0.05) is 24.1 Å². The van der Waals surface area contributed by atoms with Crippen LogP contribution in [0.1, 0.15) is 22.8 Å². The molecule has 122 valence electrons. The van der Waals surface area contributed by atoms with Gasteiger partial charge in [0.15, 0.2) is 0 Å². The second-order valence-corrected chi connectivity index (χ2v) is 6.60. The molecule has 0 fully saturated rings. The Labute approximate surface area is 142 Å². The fourth-order valence-corrected chi connectivity index (χ4v) is 3.07. The number of benzene rings is 1. The van der Waals surface area contributed by atoms with Gasteiger partial charge in [-0.15, -0.1) is 11.8 Å². The predicted octanol–water partition coefficient (Wildman–Crippen LogP) is 3.55. The van der Waals surface area contributed by atoms with E-state index in [-0.39, 0.29) is 5.91 Å². The molecule has 1 aromatic carbocycles. The Kier molecular flexibility index (Phi) is 6.62. The number of nitrogens with zero attached hydrogens (tertiary/aromatic N) is 2.